The van der Waals surface area contributed by atoms with Crippen LogP contribution in [0.15, 0.2) is 115 Å². The summed E-state index contributed by atoms with van der Waals surface area (Å²) < 4.78 is 20.7. The van der Waals surface area contributed by atoms with E-state index in [0.717, 1.165) is 27.7 Å². The molecule has 0 N–H and O–H groups in total. The van der Waals surface area contributed by atoms with Crippen molar-refractivity contribution in [3.63, 3.8) is 0 Å². The third-order valence-electron chi connectivity index (χ3n) is 5.55. The molecule has 5 aromatic rings. The van der Waals surface area contributed by atoms with Crippen LogP contribution < -0.4 is 17.1 Å². The van der Waals surface area contributed by atoms with E-state index >= 15 is 0 Å². The van der Waals surface area contributed by atoms with Crippen LogP contribution in [0.5, 0.6) is 34.5 Å². The first-order chi connectivity index (χ1) is 17.5. The van der Waals surface area contributed by atoms with Gasteiger partial charge in [-0.15, -0.1) is 0 Å². The molecule has 5 rings (SSSR count). The Morgan fingerprint density at radius 3 is 1.36 bits per heavy atom. The van der Waals surface area contributed by atoms with Gasteiger partial charge in [0.15, 0.2) is 0 Å². The van der Waals surface area contributed by atoms with E-state index in [2.05, 4.69) is 27.0 Å². The third kappa shape index (κ3) is 5.94. The Labute approximate surface area is 220 Å². The Morgan fingerprint density at radius 1 is 0.500 bits per heavy atom. The van der Waals surface area contributed by atoms with Crippen LogP contribution in [-0.4, -0.2) is 18.4 Å². The van der Waals surface area contributed by atoms with E-state index in [9.17, 15) is 0 Å². The SMILES string of the molecule is [CH3][Sn]([CH3])([CH3])[c]1ccc(-c2c(Oc3ccccc3)cc(Oc3ccccc3)cc2Oc2ccccc2)s1. The standard InChI is InChI=1S/C28H19O3S.3CH3.Sn/c1-4-11-21(12-5-1)29-24-19-25(30-22-13-6-2-7-14-22)28(27-17-10-18-32-27)26(20-24)31-23-15-8-3-9-16-23;;;;/h1-17,19-20H;3*1H3;. The first-order valence-corrected chi connectivity index (χ1v) is 22.7. The molecular weight excluding hydrogens is 571 g/mol. The molecule has 0 fully saturated rings. The van der Waals surface area contributed by atoms with Gasteiger partial charge in [0, 0.05) is 0 Å². The molecule has 0 saturated carbocycles. The Morgan fingerprint density at radius 2 is 0.944 bits per heavy atom. The quantitative estimate of drug-likeness (QED) is 0.167. The van der Waals surface area contributed by atoms with Crippen LogP contribution in [0.4, 0.5) is 0 Å². The Balaban J connectivity index is 1.67. The van der Waals surface area contributed by atoms with Crippen LogP contribution in [0.3, 0.4) is 0 Å². The zero-order valence-electron chi connectivity index (χ0n) is 20.6. The number of para-hydroxylation sites is 3. The third-order valence-corrected chi connectivity index (χ3v) is 16.1. The van der Waals surface area contributed by atoms with Gasteiger partial charge in [-0.25, -0.2) is 0 Å². The van der Waals surface area contributed by atoms with Crippen molar-refractivity contribution < 1.29 is 14.2 Å². The molecule has 3 nitrogen and oxygen atoms in total. The van der Waals surface area contributed by atoms with E-state index in [1.54, 1.807) is 0 Å². The van der Waals surface area contributed by atoms with E-state index in [-0.39, 0.29) is 0 Å². The molecule has 0 aliphatic rings. The zero-order chi connectivity index (χ0) is 25.0. The summed E-state index contributed by atoms with van der Waals surface area (Å²) in [5.41, 5.74) is 0.926. The molecule has 1 aromatic heterocycles. The van der Waals surface area contributed by atoms with Gasteiger partial charge in [-0.1, -0.05) is 0 Å². The molecule has 0 unspecified atom stereocenters. The summed E-state index contributed by atoms with van der Waals surface area (Å²) in [7, 11) is 0. The van der Waals surface area contributed by atoms with Crippen molar-refractivity contribution in [3.8, 4) is 44.9 Å². The summed E-state index contributed by atoms with van der Waals surface area (Å²) in [4.78, 5) is 8.43. The van der Waals surface area contributed by atoms with E-state index in [4.69, 9.17) is 14.2 Å². The van der Waals surface area contributed by atoms with Gasteiger partial charge in [0.2, 0.25) is 0 Å². The number of benzene rings is 4. The number of hydrogen-bond acceptors (Lipinski definition) is 4. The molecule has 0 spiro atoms. The molecular formula is C31H28O3SSn. The van der Waals surface area contributed by atoms with Crippen LogP contribution in [0.1, 0.15) is 0 Å². The second-order valence-corrected chi connectivity index (χ2v) is 26.0. The summed E-state index contributed by atoms with van der Waals surface area (Å²) in [6, 6.07) is 37.8. The predicted molar refractivity (Wildman–Crippen MR) is 152 cm³/mol. The van der Waals surface area contributed by atoms with Crippen molar-refractivity contribution in [2.45, 2.75) is 14.8 Å². The minimum atomic E-state index is -2.26. The van der Waals surface area contributed by atoms with E-state index in [1.165, 1.54) is 2.89 Å². The maximum atomic E-state index is 6.48. The molecule has 4 aromatic carbocycles. The Kier molecular flexibility index (Phi) is 7.35. The second kappa shape index (κ2) is 10.8. The fourth-order valence-corrected chi connectivity index (χ4v) is 10.1. The maximum absolute atomic E-state index is 6.48. The summed E-state index contributed by atoms with van der Waals surface area (Å²) in [5, 5.41) is 0. The van der Waals surface area contributed by atoms with Gasteiger partial charge in [-0.05, 0) is 0 Å². The average Bonchev–Trinajstić information content (AvgIpc) is 3.37. The molecule has 180 valence electrons. The van der Waals surface area contributed by atoms with Crippen molar-refractivity contribution in [2.75, 3.05) is 0 Å². The number of thiophene rings is 1. The van der Waals surface area contributed by atoms with Crippen LogP contribution in [0.2, 0.25) is 14.8 Å². The van der Waals surface area contributed by atoms with E-state index in [1.807, 2.05) is 114 Å². The van der Waals surface area contributed by atoms with E-state index in [0.29, 0.717) is 17.2 Å². The van der Waals surface area contributed by atoms with Crippen molar-refractivity contribution in [1.82, 2.24) is 0 Å². The van der Waals surface area contributed by atoms with Gasteiger partial charge in [0.1, 0.15) is 0 Å². The molecule has 0 aliphatic carbocycles. The molecule has 0 radical (unpaired) electrons. The minimum absolute atomic E-state index is 0.647. The van der Waals surface area contributed by atoms with Crippen molar-refractivity contribution in [2.24, 2.45) is 0 Å². The van der Waals surface area contributed by atoms with Gasteiger partial charge >= 0.3 is 222 Å². The van der Waals surface area contributed by atoms with Gasteiger partial charge in [0.05, 0.1) is 0 Å². The van der Waals surface area contributed by atoms with Crippen LogP contribution >= 0.6 is 11.3 Å². The summed E-state index contributed by atoms with van der Waals surface area (Å²) in [6.45, 7) is 0. The molecule has 1 heterocycles. The summed E-state index contributed by atoms with van der Waals surface area (Å²) in [6.07, 6.45) is 0. The first-order valence-electron chi connectivity index (χ1n) is 11.9. The van der Waals surface area contributed by atoms with Crippen molar-refractivity contribution >= 4 is 32.6 Å². The molecule has 0 aliphatic heterocycles. The normalized spacial score (nSPS) is 11.2. The molecule has 36 heavy (non-hydrogen) atoms. The van der Waals surface area contributed by atoms with Crippen LogP contribution in [0, 0.1) is 0 Å². The molecule has 0 atom stereocenters. The van der Waals surface area contributed by atoms with E-state index < -0.39 is 18.4 Å². The number of ether oxygens (including phenoxy) is 3. The molecule has 0 bridgehead atoms. The topological polar surface area (TPSA) is 27.7 Å². The monoisotopic (exact) mass is 600 g/mol. The fraction of sp³-hybridized carbons (Fsp3) is 0.0968. The number of hydrogen-bond donors (Lipinski definition) is 0. The Hall–Kier alpha value is -3.22. The Bertz CT molecular complexity index is 1360. The van der Waals surface area contributed by atoms with Gasteiger partial charge in [-0.3, -0.25) is 0 Å². The van der Waals surface area contributed by atoms with Gasteiger partial charge in [-0.2, -0.15) is 0 Å². The summed E-state index contributed by atoms with van der Waals surface area (Å²) in [5.74, 6) is 4.30. The molecule has 0 saturated heterocycles. The zero-order valence-corrected chi connectivity index (χ0v) is 24.3. The average molecular weight is 599 g/mol. The molecule has 0 amide bonds. The fourth-order valence-electron chi connectivity index (χ4n) is 3.76. The summed E-state index contributed by atoms with van der Waals surface area (Å²) >= 11 is -0.412. The van der Waals surface area contributed by atoms with Crippen LogP contribution in [0.25, 0.3) is 10.4 Å². The van der Waals surface area contributed by atoms with Crippen molar-refractivity contribution in [1.29, 1.82) is 0 Å². The van der Waals surface area contributed by atoms with Gasteiger partial charge < -0.3 is 0 Å². The molecule has 5 heteroatoms. The second-order valence-electron chi connectivity index (χ2n) is 9.45. The van der Waals surface area contributed by atoms with Crippen LogP contribution in [-0.2, 0) is 0 Å². The van der Waals surface area contributed by atoms with Gasteiger partial charge in [0.25, 0.3) is 0 Å². The number of rotatable bonds is 8. The first kappa shape index (κ1) is 24.5. The van der Waals surface area contributed by atoms with Crippen molar-refractivity contribution in [3.05, 3.63) is 115 Å². The predicted octanol–water partition coefficient (Wildman–Crippen LogP) is 9.34.